The number of aliphatic hydroxyl groups excluding tert-OH is 2. The number of hydrogen-bond donors (Lipinski definition) is 2. The van der Waals surface area contributed by atoms with Crippen LogP contribution in [0, 0.1) is 5.41 Å². The van der Waals surface area contributed by atoms with Crippen molar-refractivity contribution in [3.63, 3.8) is 0 Å². The van der Waals surface area contributed by atoms with Gasteiger partial charge in [0, 0.05) is 12.0 Å². The van der Waals surface area contributed by atoms with Crippen LogP contribution in [0.15, 0.2) is 0 Å². The van der Waals surface area contributed by atoms with Crippen molar-refractivity contribution in [1.82, 2.24) is 0 Å². The van der Waals surface area contributed by atoms with Crippen LogP contribution in [0.5, 0.6) is 0 Å². The van der Waals surface area contributed by atoms with Crippen molar-refractivity contribution in [2.24, 2.45) is 5.41 Å². The third-order valence-corrected chi connectivity index (χ3v) is 1.57. The quantitative estimate of drug-likeness (QED) is 0.547. The number of carbonyl (C=O) groups excluding carboxylic acids is 1. The smallest absolute Gasteiger partial charge is 0.128 e. The first-order chi connectivity index (χ1) is 4.54. The van der Waals surface area contributed by atoms with E-state index in [1.54, 1.807) is 13.8 Å². The van der Waals surface area contributed by atoms with Gasteiger partial charge in [-0.15, -0.1) is 0 Å². The first kappa shape index (κ1) is 9.59. The van der Waals surface area contributed by atoms with Gasteiger partial charge in [-0.1, -0.05) is 13.8 Å². The van der Waals surface area contributed by atoms with Crippen LogP contribution in [-0.2, 0) is 4.79 Å². The highest BCUT2D eigenvalue weighted by Gasteiger charge is 2.26. The van der Waals surface area contributed by atoms with Crippen molar-refractivity contribution < 1.29 is 15.0 Å². The lowest BCUT2D eigenvalue weighted by Crippen LogP contribution is -2.31. The zero-order valence-corrected chi connectivity index (χ0v) is 6.37. The molecule has 0 heterocycles. The Morgan fingerprint density at radius 1 is 1.60 bits per heavy atom. The number of aliphatic hydroxyl groups is 2. The molecule has 10 heavy (non-hydrogen) atoms. The van der Waals surface area contributed by atoms with Crippen molar-refractivity contribution >= 4 is 6.29 Å². The second kappa shape index (κ2) is 3.68. The molecule has 0 aliphatic rings. The molecule has 0 aliphatic heterocycles. The van der Waals surface area contributed by atoms with Crippen LogP contribution in [0.4, 0.5) is 0 Å². The molecule has 3 heteroatoms. The van der Waals surface area contributed by atoms with E-state index in [0.29, 0.717) is 6.29 Å². The van der Waals surface area contributed by atoms with Gasteiger partial charge in [0.15, 0.2) is 0 Å². The largest absolute Gasteiger partial charge is 0.396 e. The van der Waals surface area contributed by atoms with E-state index in [-0.39, 0.29) is 13.0 Å². The van der Waals surface area contributed by atoms with Crippen LogP contribution < -0.4 is 0 Å². The normalized spacial score (nSPS) is 14.8. The zero-order chi connectivity index (χ0) is 8.20. The Morgan fingerprint density at radius 3 is 2.40 bits per heavy atom. The Bertz CT molecular complexity index is 109. The van der Waals surface area contributed by atoms with E-state index < -0.39 is 11.5 Å². The number of aldehydes is 1. The van der Waals surface area contributed by atoms with Crippen molar-refractivity contribution in [2.45, 2.75) is 26.4 Å². The summed E-state index contributed by atoms with van der Waals surface area (Å²) in [4.78, 5) is 10.3. The number of hydrogen-bond acceptors (Lipinski definition) is 3. The molecule has 0 spiro atoms. The van der Waals surface area contributed by atoms with E-state index >= 15 is 0 Å². The van der Waals surface area contributed by atoms with Gasteiger partial charge in [0.05, 0.1) is 6.10 Å². The van der Waals surface area contributed by atoms with E-state index in [9.17, 15) is 9.90 Å². The van der Waals surface area contributed by atoms with Gasteiger partial charge < -0.3 is 15.0 Å². The Morgan fingerprint density at radius 2 is 2.10 bits per heavy atom. The van der Waals surface area contributed by atoms with E-state index in [1.807, 2.05) is 0 Å². The monoisotopic (exact) mass is 146 g/mol. The van der Waals surface area contributed by atoms with Gasteiger partial charge in [-0.25, -0.2) is 0 Å². The van der Waals surface area contributed by atoms with Crippen LogP contribution in [0.2, 0.25) is 0 Å². The fraction of sp³-hybridized carbons (Fsp3) is 0.857. The van der Waals surface area contributed by atoms with Gasteiger partial charge in [0.25, 0.3) is 0 Å². The predicted molar refractivity (Wildman–Crippen MR) is 37.6 cm³/mol. The average Bonchev–Trinajstić information content (AvgIpc) is 1.89. The highest BCUT2D eigenvalue weighted by atomic mass is 16.3. The fourth-order valence-electron chi connectivity index (χ4n) is 0.573. The first-order valence-corrected chi connectivity index (χ1v) is 3.30. The van der Waals surface area contributed by atoms with Gasteiger partial charge >= 0.3 is 0 Å². The Labute approximate surface area is 60.7 Å². The average molecular weight is 146 g/mol. The van der Waals surface area contributed by atoms with Crippen molar-refractivity contribution in [3.8, 4) is 0 Å². The highest BCUT2D eigenvalue weighted by Crippen LogP contribution is 2.18. The maximum Gasteiger partial charge on any atom is 0.128 e. The molecule has 2 N–H and O–H groups in total. The summed E-state index contributed by atoms with van der Waals surface area (Å²) in [7, 11) is 0. The minimum absolute atomic E-state index is 0.0849. The number of rotatable bonds is 4. The summed E-state index contributed by atoms with van der Waals surface area (Å²) in [5.41, 5.74) is -0.733. The summed E-state index contributed by atoms with van der Waals surface area (Å²) in [6.07, 6.45) is 0.217. The van der Waals surface area contributed by atoms with Gasteiger partial charge in [-0.05, 0) is 6.42 Å². The Hall–Kier alpha value is -0.410. The predicted octanol–water partition coefficient (Wildman–Crippen LogP) is -0.0452. The molecular weight excluding hydrogens is 132 g/mol. The second-order valence-electron chi connectivity index (χ2n) is 2.97. The maximum absolute atomic E-state index is 10.3. The third-order valence-electron chi connectivity index (χ3n) is 1.57. The van der Waals surface area contributed by atoms with E-state index in [1.165, 1.54) is 0 Å². The topological polar surface area (TPSA) is 57.5 Å². The van der Waals surface area contributed by atoms with Crippen LogP contribution >= 0.6 is 0 Å². The van der Waals surface area contributed by atoms with E-state index in [4.69, 9.17) is 5.11 Å². The molecule has 0 saturated carbocycles. The molecule has 0 aromatic heterocycles. The highest BCUT2D eigenvalue weighted by molar-refractivity contribution is 5.58. The zero-order valence-electron chi connectivity index (χ0n) is 6.37. The molecule has 0 rings (SSSR count). The molecule has 1 atom stereocenters. The molecule has 0 radical (unpaired) electrons. The SMILES string of the molecule is CC(C)(C=O)[C@@H](O)CCO. The molecule has 3 nitrogen and oxygen atoms in total. The molecule has 0 aromatic carbocycles. The van der Waals surface area contributed by atoms with Gasteiger partial charge in [0.2, 0.25) is 0 Å². The third kappa shape index (κ3) is 2.45. The standard InChI is InChI=1S/C7H14O3/c1-7(2,5-9)6(10)3-4-8/h5-6,8,10H,3-4H2,1-2H3/t6-/m0/s1. The second-order valence-corrected chi connectivity index (χ2v) is 2.97. The molecule has 60 valence electrons. The molecular formula is C7H14O3. The van der Waals surface area contributed by atoms with Gasteiger partial charge in [-0.2, -0.15) is 0 Å². The lowest BCUT2D eigenvalue weighted by Gasteiger charge is -2.23. The van der Waals surface area contributed by atoms with E-state index in [0.717, 1.165) is 0 Å². The fourth-order valence-corrected chi connectivity index (χ4v) is 0.573. The van der Waals surface area contributed by atoms with E-state index in [2.05, 4.69) is 0 Å². The molecule has 0 unspecified atom stereocenters. The molecule has 0 aromatic rings. The van der Waals surface area contributed by atoms with Crippen LogP contribution in [0.1, 0.15) is 20.3 Å². The molecule has 0 fully saturated rings. The van der Waals surface area contributed by atoms with Crippen molar-refractivity contribution in [2.75, 3.05) is 6.61 Å². The van der Waals surface area contributed by atoms with Crippen molar-refractivity contribution in [1.29, 1.82) is 0 Å². The first-order valence-electron chi connectivity index (χ1n) is 3.30. The summed E-state index contributed by atoms with van der Waals surface area (Å²) in [6.45, 7) is 3.19. The van der Waals surface area contributed by atoms with Crippen LogP contribution in [-0.4, -0.2) is 29.2 Å². The summed E-state index contributed by atoms with van der Waals surface area (Å²) in [5, 5.41) is 17.6. The molecule has 0 aliphatic carbocycles. The van der Waals surface area contributed by atoms with Gasteiger partial charge in [-0.3, -0.25) is 0 Å². The molecule has 0 bridgehead atoms. The Balaban J connectivity index is 3.90. The molecule has 0 saturated heterocycles. The van der Waals surface area contributed by atoms with Crippen LogP contribution in [0.25, 0.3) is 0 Å². The lowest BCUT2D eigenvalue weighted by molar-refractivity contribution is -0.120. The van der Waals surface area contributed by atoms with Crippen molar-refractivity contribution in [3.05, 3.63) is 0 Å². The minimum Gasteiger partial charge on any atom is -0.396 e. The van der Waals surface area contributed by atoms with Gasteiger partial charge in [0.1, 0.15) is 6.29 Å². The summed E-state index contributed by atoms with van der Waals surface area (Å²) >= 11 is 0. The summed E-state index contributed by atoms with van der Waals surface area (Å²) in [5.74, 6) is 0. The lowest BCUT2D eigenvalue weighted by atomic mass is 9.87. The van der Waals surface area contributed by atoms with Crippen LogP contribution in [0.3, 0.4) is 0 Å². The maximum atomic E-state index is 10.3. The minimum atomic E-state index is -0.741. The summed E-state index contributed by atoms with van der Waals surface area (Å²) < 4.78 is 0. The summed E-state index contributed by atoms with van der Waals surface area (Å²) in [6, 6.07) is 0. The Kier molecular flexibility index (Phi) is 3.53. The molecule has 0 amide bonds. The number of carbonyl (C=O) groups is 1.